The molecule has 8 heteroatoms. The number of rotatable bonds is 3. The molecule has 0 aliphatic heterocycles. The molecular weight excluding hydrogens is 316 g/mol. The molecule has 0 aliphatic rings. The molecule has 1 amide bonds. The van der Waals surface area contributed by atoms with Crippen molar-refractivity contribution in [3.8, 4) is 10.6 Å². The number of hydrogen-bond acceptors (Lipinski definition) is 5. The maximum atomic E-state index is 11.9. The summed E-state index contributed by atoms with van der Waals surface area (Å²) in [5, 5.41) is 9.20. The molecule has 0 spiro atoms. The first kappa shape index (κ1) is 13.3. The summed E-state index contributed by atoms with van der Waals surface area (Å²) in [4.78, 5) is 17.3. The fourth-order valence-corrected chi connectivity index (χ4v) is 3.38. The number of thiazole rings is 1. The lowest BCUT2D eigenvalue weighted by atomic mass is 10.4. The minimum Gasteiger partial charge on any atom is -0.296 e. The number of aromatic nitrogens is 3. The summed E-state index contributed by atoms with van der Waals surface area (Å²) in [7, 11) is 1.76. The van der Waals surface area contributed by atoms with Gasteiger partial charge in [-0.05, 0) is 18.2 Å². The van der Waals surface area contributed by atoms with Crippen molar-refractivity contribution in [1.82, 2.24) is 14.8 Å². The Kier molecular flexibility index (Phi) is 3.56. The second kappa shape index (κ2) is 5.35. The van der Waals surface area contributed by atoms with Crippen molar-refractivity contribution in [2.45, 2.75) is 0 Å². The van der Waals surface area contributed by atoms with Crippen molar-refractivity contribution in [2.24, 2.45) is 7.05 Å². The second-order valence-corrected chi connectivity index (χ2v) is 6.54. The minimum absolute atomic E-state index is 0.268. The predicted molar refractivity (Wildman–Crippen MR) is 81.6 cm³/mol. The van der Waals surface area contributed by atoms with E-state index in [-0.39, 0.29) is 5.91 Å². The van der Waals surface area contributed by atoms with Crippen LogP contribution in [0.4, 0.5) is 5.13 Å². The van der Waals surface area contributed by atoms with E-state index < -0.39 is 0 Å². The Hall–Kier alpha value is -1.70. The van der Waals surface area contributed by atoms with Gasteiger partial charge < -0.3 is 0 Å². The SMILES string of the molecule is Cn1ccc(C(=O)Nc2nc(-c3ccc(Cl)s3)cs2)n1. The molecule has 0 radical (unpaired) electrons. The summed E-state index contributed by atoms with van der Waals surface area (Å²) in [5.41, 5.74) is 1.17. The zero-order chi connectivity index (χ0) is 14.1. The van der Waals surface area contributed by atoms with E-state index in [0.29, 0.717) is 15.2 Å². The first-order valence-corrected chi connectivity index (χ1v) is 7.71. The average molecular weight is 325 g/mol. The molecule has 0 aromatic carbocycles. The highest BCUT2D eigenvalue weighted by molar-refractivity contribution is 7.20. The van der Waals surface area contributed by atoms with Crippen LogP contribution in [0.3, 0.4) is 0 Å². The molecule has 20 heavy (non-hydrogen) atoms. The van der Waals surface area contributed by atoms with Crippen LogP contribution in [0.15, 0.2) is 29.8 Å². The van der Waals surface area contributed by atoms with Gasteiger partial charge in [0.1, 0.15) is 0 Å². The van der Waals surface area contributed by atoms with Crippen LogP contribution in [0, 0.1) is 0 Å². The topological polar surface area (TPSA) is 59.8 Å². The monoisotopic (exact) mass is 324 g/mol. The van der Waals surface area contributed by atoms with E-state index in [1.54, 1.807) is 24.0 Å². The quantitative estimate of drug-likeness (QED) is 0.802. The first-order chi connectivity index (χ1) is 9.61. The lowest BCUT2D eigenvalue weighted by molar-refractivity contribution is 0.102. The summed E-state index contributed by atoms with van der Waals surface area (Å²) in [6.07, 6.45) is 1.72. The Morgan fingerprint density at radius 3 is 2.90 bits per heavy atom. The molecule has 0 atom stereocenters. The Balaban J connectivity index is 1.76. The molecule has 0 unspecified atom stereocenters. The number of anilines is 1. The Morgan fingerprint density at radius 1 is 1.40 bits per heavy atom. The van der Waals surface area contributed by atoms with Crippen LogP contribution in [-0.2, 0) is 7.05 Å². The Bertz CT molecular complexity index is 761. The van der Waals surface area contributed by atoms with Gasteiger partial charge in [0.15, 0.2) is 10.8 Å². The van der Waals surface area contributed by atoms with Gasteiger partial charge in [0.05, 0.1) is 14.9 Å². The molecule has 3 aromatic rings. The van der Waals surface area contributed by atoms with Crippen LogP contribution < -0.4 is 5.32 Å². The first-order valence-electron chi connectivity index (χ1n) is 5.64. The zero-order valence-electron chi connectivity index (χ0n) is 10.3. The smallest absolute Gasteiger partial charge is 0.277 e. The van der Waals surface area contributed by atoms with E-state index in [1.165, 1.54) is 22.7 Å². The lowest BCUT2D eigenvalue weighted by Gasteiger charge is -1.97. The summed E-state index contributed by atoms with van der Waals surface area (Å²) in [6.45, 7) is 0. The molecule has 3 heterocycles. The maximum absolute atomic E-state index is 11.9. The summed E-state index contributed by atoms with van der Waals surface area (Å²) >= 11 is 8.72. The summed E-state index contributed by atoms with van der Waals surface area (Å²) < 4.78 is 2.29. The van der Waals surface area contributed by atoms with E-state index in [9.17, 15) is 4.79 Å². The molecule has 3 aromatic heterocycles. The van der Waals surface area contributed by atoms with Crippen LogP contribution in [0.2, 0.25) is 4.34 Å². The second-order valence-electron chi connectivity index (χ2n) is 3.97. The molecule has 5 nitrogen and oxygen atoms in total. The normalized spacial score (nSPS) is 10.7. The van der Waals surface area contributed by atoms with Crippen molar-refractivity contribution in [1.29, 1.82) is 0 Å². The molecule has 1 N–H and O–H groups in total. The third kappa shape index (κ3) is 2.74. The van der Waals surface area contributed by atoms with E-state index in [2.05, 4.69) is 15.4 Å². The largest absolute Gasteiger partial charge is 0.296 e. The van der Waals surface area contributed by atoms with Crippen molar-refractivity contribution in [2.75, 3.05) is 5.32 Å². The third-order valence-corrected chi connectivity index (χ3v) is 4.51. The molecule has 3 rings (SSSR count). The average Bonchev–Trinajstić information content (AvgIpc) is 3.10. The highest BCUT2D eigenvalue weighted by atomic mass is 35.5. The molecule has 0 saturated carbocycles. The number of carbonyl (C=O) groups is 1. The van der Waals surface area contributed by atoms with Gasteiger partial charge in [0.25, 0.3) is 5.91 Å². The molecule has 0 bridgehead atoms. The van der Waals surface area contributed by atoms with Gasteiger partial charge in [-0.2, -0.15) is 5.10 Å². The van der Waals surface area contributed by atoms with Crippen LogP contribution in [0.5, 0.6) is 0 Å². The number of amides is 1. The van der Waals surface area contributed by atoms with Gasteiger partial charge >= 0.3 is 0 Å². The summed E-state index contributed by atoms with van der Waals surface area (Å²) in [5.74, 6) is -0.268. The van der Waals surface area contributed by atoms with Crippen LogP contribution in [0.1, 0.15) is 10.5 Å². The van der Waals surface area contributed by atoms with Gasteiger partial charge in [-0.1, -0.05) is 11.6 Å². The molecular formula is C12H9ClN4OS2. The van der Waals surface area contributed by atoms with Crippen LogP contribution >= 0.6 is 34.3 Å². The van der Waals surface area contributed by atoms with Gasteiger partial charge in [-0.15, -0.1) is 22.7 Å². The van der Waals surface area contributed by atoms with Gasteiger partial charge in [-0.25, -0.2) is 4.98 Å². The van der Waals surface area contributed by atoms with Crippen LogP contribution in [-0.4, -0.2) is 20.7 Å². The molecule has 0 saturated heterocycles. The predicted octanol–water partition coefficient (Wildman–Crippen LogP) is 3.51. The van der Waals surface area contributed by atoms with Gasteiger partial charge in [-0.3, -0.25) is 14.8 Å². The minimum atomic E-state index is -0.268. The standard InChI is InChI=1S/C12H9ClN4OS2/c1-17-5-4-7(16-17)11(18)15-12-14-8(6-19-12)9-2-3-10(13)20-9/h2-6H,1H3,(H,14,15,18). The number of thiophene rings is 1. The van der Waals surface area contributed by atoms with Crippen molar-refractivity contribution >= 4 is 45.3 Å². The van der Waals surface area contributed by atoms with E-state index in [0.717, 1.165) is 10.6 Å². The molecule has 0 fully saturated rings. The number of nitrogens with one attached hydrogen (secondary N) is 1. The van der Waals surface area contributed by atoms with E-state index >= 15 is 0 Å². The fourth-order valence-electron chi connectivity index (χ4n) is 1.59. The number of halogens is 1. The van der Waals surface area contributed by atoms with E-state index in [4.69, 9.17) is 11.6 Å². The fraction of sp³-hybridized carbons (Fsp3) is 0.0833. The highest BCUT2D eigenvalue weighted by Crippen LogP contribution is 2.32. The Labute approximate surface area is 127 Å². The van der Waals surface area contributed by atoms with Crippen molar-refractivity contribution in [3.05, 3.63) is 39.8 Å². The number of carbonyl (C=O) groups excluding carboxylic acids is 1. The van der Waals surface area contributed by atoms with Crippen molar-refractivity contribution in [3.63, 3.8) is 0 Å². The molecule has 0 aliphatic carbocycles. The lowest BCUT2D eigenvalue weighted by Crippen LogP contribution is -2.12. The molecule has 102 valence electrons. The number of hydrogen-bond donors (Lipinski definition) is 1. The maximum Gasteiger partial charge on any atom is 0.277 e. The number of nitrogens with zero attached hydrogens (tertiary/aromatic N) is 3. The summed E-state index contributed by atoms with van der Waals surface area (Å²) in [6, 6.07) is 5.39. The van der Waals surface area contributed by atoms with Gasteiger partial charge in [0, 0.05) is 18.6 Å². The van der Waals surface area contributed by atoms with E-state index in [1.807, 2.05) is 17.5 Å². The number of aryl methyl sites for hydroxylation is 1. The zero-order valence-corrected chi connectivity index (χ0v) is 12.7. The Morgan fingerprint density at radius 2 is 2.25 bits per heavy atom. The van der Waals surface area contributed by atoms with Crippen LogP contribution in [0.25, 0.3) is 10.6 Å². The van der Waals surface area contributed by atoms with Crippen molar-refractivity contribution < 1.29 is 4.79 Å². The highest BCUT2D eigenvalue weighted by Gasteiger charge is 2.12. The van der Waals surface area contributed by atoms with Gasteiger partial charge in [0.2, 0.25) is 0 Å². The third-order valence-electron chi connectivity index (χ3n) is 2.50.